The van der Waals surface area contributed by atoms with Crippen LogP contribution in [0.1, 0.15) is 28.8 Å². The van der Waals surface area contributed by atoms with Gasteiger partial charge < -0.3 is 15.0 Å². The van der Waals surface area contributed by atoms with E-state index < -0.39 is 0 Å². The standard InChI is InChI=1S/C20H23ClN2O2.ClH/c1-22-13-18-8-4-10-23(18)20(24)16-6-3-9-19(12-16)25-14-15-5-2-7-17(21)11-15;/h2-3,5-7,9,11-12,18,22H,4,8,10,13-14H2,1H3;1H. The zero-order valence-electron chi connectivity index (χ0n) is 14.8. The molecular formula is C20H24Cl2N2O2. The number of carbonyl (C=O) groups is 1. The van der Waals surface area contributed by atoms with E-state index in [1.54, 1.807) is 0 Å². The summed E-state index contributed by atoms with van der Waals surface area (Å²) < 4.78 is 5.83. The van der Waals surface area contributed by atoms with Crippen LogP contribution in [-0.4, -0.2) is 37.0 Å². The third-order valence-electron chi connectivity index (χ3n) is 4.45. The number of amides is 1. The van der Waals surface area contributed by atoms with Crippen molar-refractivity contribution in [3.05, 3.63) is 64.7 Å². The molecule has 6 heteroatoms. The Morgan fingerprint density at radius 2 is 2.08 bits per heavy atom. The summed E-state index contributed by atoms with van der Waals surface area (Å²) in [5, 5.41) is 3.86. The van der Waals surface area contributed by atoms with Gasteiger partial charge in [-0.15, -0.1) is 12.4 Å². The zero-order valence-corrected chi connectivity index (χ0v) is 16.4. The van der Waals surface area contributed by atoms with Crippen LogP contribution in [0, 0.1) is 0 Å². The highest BCUT2D eigenvalue weighted by atomic mass is 35.5. The summed E-state index contributed by atoms with van der Waals surface area (Å²) in [6.45, 7) is 2.07. The first-order valence-electron chi connectivity index (χ1n) is 8.60. The van der Waals surface area contributed by atoms with Crippen LogP contribution in [0.5, 0.6) is 5.75 Å². The van der Waals surface area contributed by atoms with Crippen LogP contribution >= 0.6 is 24.0 Å². The van der Waals surface area contributed by atoms with Crippen LogP contribution in [0.4, 0.5) is 0 Å². The molecule has 0 aromatic heterocycles. The number of halogens is 2. The number of ether oxygens (including phenoxy) is 1. The SMILES string of the molecule is CNCC1CCCN1C(=O)c1cccc(OCc2cccc(Cl)c2)c1.Cl. The number of hydrogen-bond donors (Lipinski definition) is 1. The van der Waals surface area contributed by atoms with E-state index in [2.05, 4.69) is 5.32 Å². The second-order valence-electron chi connectivity index (χ2n) is 6.30. The van der Waals surface area contributed by atoms with Crippen molar-refractivity contribution in [2.24, 2.45) is 0 Å². The van der Waals surface area contributed by atoms with Gasteiger partial charge in [0.25, 0.3) is 5.91 Å². The van der Waals surface area contributed by atoms with E-state index in [0.717, 1.165) is 31.5 Å². The van der Waals surface area contributed by atoms with Crippen LogP contribution in [0.3, 0.4) is 0 Å². The van der Waals surface area contributed by atoms with Crippen LogP contribution in [0.2, 0.25) is 5.02 Å². The molecule has 4 nitrogen and oxygen atoms in total. The topological polar surface area (TPSA) is 41.6 Å². The molecule has 1 unspecified atom stereocenters. The van der Waals surface area contributed by atoms with Gasteiger partial charge in [0.05, 0.1) is 0 Å². The molecule has 1 amide bonds. The lowest BCUT2D eigenvalue weighted by molar-refractivity contribution is 0.0736. The fraction of sp³-hybridized carbons (Fsp3) is 0.350. The minimum Gasteiger partial charge on any atom is -0.489 e. The number of carbonyl (C=O) groups excluding carboxylic acids is 1. The van der Waals surface area contributed by atoms with Gasteiger partial charge in [0.2, 0.25) is 0 Å². The largest absolute Gasteiger partial charge is 0.489 e. The van der Waals surface area contributed by atoms with Gasteiger partial charge in [-0.2, -0.15) is 0 Å². The molecule has 0 saturated carbocycles. The Kier molecular flexibility index (Phi) is 7.76. The predicted molar refractivity (Wildman–Crippen MR) is 107 cm³/mol. The summed E-state index contributed by atoms with van der Waals surface area (Å²) in [5.74, 6) is 0.765. The summed E-state index contributed by atoms with van der Waals surface area (Å²) in [6.07, 6.45) is 2.11. The Morgan fingerprint density at radius 1 is 1.27 bits per heavy atom. The molecule has 0 bridgehead atoms. The van der Waals surface area contributed by atoms with Crippen molar-refractivity contribution in [3.8, 4) is 5.75 Å². The van der Waals surface area contributed by atoms with Gasteiger partial charge >= 0.3 is 0 Å². The summed E-state index contributed by atoms with van der Waals surface area (Å²) in [4.78, 5) is 14.8. The second-order valence-corrected chi connectivity index (χ2v) is 6.74. The van der Waals surface area contributed by atoms with Crippen LogP contribution < -0.4 is 10.1 Å². The van der Waals surface area contributed by atoms with Crippen LogP contribution in [-0.2, 0) is 6.61 Å². The average Bonchev–Trinajstić information content (AvgIpc) is 3.08. The fourth-order valence-corrected chi connectivity index (χ4v) is 3.44. The van der Waals surface area contributed by atoms with E-state index in [1.807, 2.05) is 60.5 Å². The van der Waals surface area contributed by atoms with E-state index in [4.69, 9.17) is 16.3 Å². The molecule has 1 aliphatic rings. The number of likely N-dealkylation sites (N-methyl/N-ethyl adjacent to an activating group) is 1. The second kappa shape index (κ2) is 9.81. The van der Waals surface area contributed by atoms with Gasteiger partial charge in [-0.1, -0.05) is 29.8 Å². The Balaban J connectivity index is 0.00000243. The maximum Gasteiger partial charge on any atom is 0.254 e. The number of benzene rings is 2. The van der Waals surface area contributed by atoms with Crippen molar-refractivity contribution in [1.82, 2.24) is 10.2 Å². The Labute approximate surface area is 165 Å². The molecule has 1 N–H and O–H groups in total. The first-order chi connectivity index (χ1) is 12.2. The molecule has 3 rings (SSSR count). The van der Waals surface area contributed by atoms with E-state index in [1.165, 1.54) is 0 Å². The Bertz CT molecular complexity index is 739. The van der Waals surface area contributed by atoms with E-state index >= 15 is 0 Å². The maximum absolute atomic E-state index is 12.8. The quantitative estimate of drug-likeness (QED) is 0.799. The lowest BCUT2D eigenvalue weighted by atomic mass is 10.1. The van der Waals surface area contributed by atoms with Gasteiger partial charge in [0.15, 0.2) is 0 Å². The fourth-order valence-electron chi connectivity index (χ4n) is 3.23. The highest BCUT2D eigenvalue weighted by molar-refractivity contribution is 6.30. The van der Waals surface area contributed by atoms with Crippen molar-refractivity contribution >= 4 is 29.9 Å². The third kappa shape index (κ3) is 5.13. The molecule has 140 valence electrons. The predicted octanol–water partition coefficient (Wildman–Crippen LogP) is 4.16. The minimum atomic E-state index is 0. The number of likely N-dealkylation sites (tertiary alicyclic amines) is 1. The van der Waals surface area contributed by atoms with Crippen molar-refractivity contribution in [3.63, 3.8) is 0 Å². The van der Waals surface area contributed by atoms with Gasteiger partial charge in [-0.25, -0.2) is 0 Å². The maximum atomic E-state index is 12.8. The van der Waals surface area contributed by atoms with Gasteiger partial charge in [0.1, 0.15) is 12.4 Å². The lowest BCUT2D eigenvalue weighted by Gasteiger charge is -2.24. The van der Waals surface area contributed by atoms with Gasteiger partial charge in [0, 0.05) is 29.7 Å². The van der Waals surface area contributed by atoms with Gasteiger partial charge in [-0.3, -0.25) is 4.79 Å². The van der Waals surface area contributed by atoms with Crippen molar-refractivity contribution in [2.45, 2.75) is 25.5 Å². The van der Waals surface area contributed by atoms with Crippen molar-refractivity contribution < 1.29 is 9.53 Å². The van der Waals surface area contributed by atoms with E-state index in [0.29, 0.717) is 22.9 Å². The van der Waals surface area contributed by atoms with Crippen LogP contribution in [0.15, 0.2) is 48.5 Å². The molecular weight excluding hydrogens is 371 g/mol. The van der Waals surface area contributed by atoms with E-state index in [9.17, 15) is 4.79 Å². The molecule has 1 atom stereocenters. The normalized spacial score (nSPS) is 16.2. The summed E-state index contributed by atoms with van der Waals surface area (Å²) in [7, 11) is 1.92. The average molecular weight is 395 g/mol. The molecule has 0 spiro atoms. The molecule has 1 fully saturated rings. The first kappa shape index (κ1) is 20.6. The van der Waals surface area contributed by atoms with E-state index in [-0.39, 0.29) is 24.4 Å². The number of hydrogen-bond acceptors (Lipinski definition) is 3. The molecule has 2 aromatic rings. The Hall–Kier alpha value is -1.75. The molecule has 1 saturated heterocycles. The lowest BCUT2D eigenvalue weighted by Crippen LogP contribution is -2.40. The monoisotopic (exact) mass is 394 g/mol. The summed E-state index contributed by atoms with van der Waals surface area (Å²) in [6, 6.07) is 15.3. The molecule has 0 aliphatic carbocycles. The number of nitrogens with zero attached hydrogens (tertiary/aromatic N) is 1. The highest BCUT2D eigenvalue weighted by Crippen LogP contribution is 2.22. The summed E-state index contributed by atoms with van der Waals surface area (Å²) in [5.41, 5.74) is 1.67. The molecule has 0 radical (unpaired) electrons. The Morgan fingerprint density at radius 3 is 2.85 bits per heavy atom. The zero-order chi connectivity index (χ0) is 17.6. The van der Waals surface area contributed by atoms with Crippen molar-refractivity contribution in [2.75, 3.05) is 20.1 Å². The highest BCUT2D eigenvalue weighted by Gasteiger charge is 2.28. The molecule has 1 heterocycles. The molecule has 26 heavy (non-hydrogen) atoms. The van der Waals surface area contributed by atoms with Gasteiger partial charge in [-0.05, 0) is 55.8 Å². The first-order valence-corrected chi connectivity index (χ1v) is 8.98. The number of rotatable bonds is 6. The molecule has 1 aliphatic heterocycles. The molecule has 2 aromatic carbocycles. The van der Waals surface area contributed by atoms with Crippen LogP contribution in [0.25, 0.3) is 0 Å². The smallest absolute Gasteiger partial charge is 0.254 e. The number of nitrogens with one attached hydrogen (secondary N) is 1. The van der Waals surface area contributed by atoms with Crippen molar-refractivity contribution in [1.29, 1.82) is 0 Å². The summed E-state index contributed by atoms with van der Waals surface area (Å²) >= 11 is 5.99. The minimum absolute atomic E-state index is 0. The third-order valence-corrected chi connectivity index (χ3v) is 4.69.